The van der Waals surface area contributed by atoms with Crippen LogP contribution in [-0.2, 0) is 20.0 Å². The topological polar surface area (TPSA) is 104 Å². The van der Waals surface area contributed by atoms with Crippen LogP contribution in [0.2, 0.25) is 0 Å². The van der Waals surface area contributed by atoms with E-state index in [0.717, 1.165) is 12.8 Å². The van der Waals surface area contributed by atoms with Gasteiger partial charge in [-0.1, -0.05) is 36.4 Å². The number of anilines is 3. The van der Waals surface area contributed by atoms with Gasteiger partial charge >= 0.3 is 0 Å². The Kier molecular flexibility index (Phi) is 5.43. The van der Waals surface area contributed by atoms with Crippen LogP contribution in [0.1, 0.15) is 12.8 Å². The predicted octanol–water partition coefficient (Wildman–Crippen LogP) is 3.72. The lowest BCUT2D eigenvalue weighted by atomic mass is 10.3. The number of nitrogens with zero attached hydrogens (tertiary/aromatic N) is 5. The number of hydrogen-bond acceptors (Lipinski definition) is 7. The van der Waals surface area contributed by atoms with Crippen molar-refractivity contribution in [1.82, 2.24) is 14.3 Å². The molecular weight excluding hydrogens is 498 g/mol. The maximum Gasteiger partial charge on any atom is 0.267 e. The van der Waals surface area contributed by atoms with E-state index in [1.165, 1.54) is 20.7 Å². The summed E-state index contributed by atoms with van der Waals surface area (Å²) in [5.41, 5.74) is 1.70. The van der Waals surface area contributed by atoms with Gasteiger partial charge in [-0.25, -0.2) is 31.1 Å². The van der Waals surface area contributed by atoms with Crippen LogP contribution in [0, 0.1) is 0 Å². The molecule has 9 nitrogen and oxygen atoms in total. The van der Waals surface area contributed by atoms with Crippen molar-refractivity contribution in [1.29, 1.82) is 0 Å². The summed E-state index contributed by atoms with van der Waals surface area (Å²) < 4.78 is 56.4. The molecule has 0 unspecified atom stereocenters. The second kappa shape index (κ2) is 8.54. The van der Waals surface area contributed by atoms with Gasteiger partial charge in [0, 0.05) is 18.8 Å². The van der Waals surface area contributed by atoms with E-state index in [2.05, 4.69) is 4.98 Å². The first-order valence-corrected chi connectivity index (χ1v) is 14.5. The summed E-state index contributed by atoms with van der Waals surface area (Å²) in [6.45, 7) is 0.912. The normalized spacial score (nSPS) is 16.6. The first kappa shape index (κ1) is 22.9. The van der Waals surface area contributed by atoms with Crippen LogP contribution in [0.3, 0.4) is 0 Å². The Morgan fingerprint density at radius 1 is 0.639 bits per heavy atom. The maximum atomic E-state index is 13.6. The molecule has 36 heavy (non-hydrogen) atoms. The number of aromatic nitrogens is 2. The number of hydrogen-bond donors (Lipinski definition) is 0. The van der Waals surface area contributed by atoms with E-state index in [4.69, 9.17) is 4.98 Å². The smallest absolute Gasteiger partial charge is 0.267 e. The zero-order valence-electron chi connectivity index (χ0n) is 19.2. The van der Waals surface area contributed by atoms with Crippen LogP contribution in [0.15, 0.2) is 88.7 Å². The molecule has 11 heteroatoms. The molecule has 184 valence electrons. The highest BCUT2D eigenvalue weighted by atomic mass is 32.2. The number of rotatable bonds is 5. The average Bonchev–Trinajstić information content (AvgIpc) is 3.57. The van der Waals surface area contributed by atoms with Gasteiger partial charge in [0.1, 0.15) is 6.67 Å². The van der Waals surface area contributed by atoms with Gasteiger partial charge in [-0.05, 0) is 55.3 Å². The number of para-hydroxylation sites is 2. The zero-order valence-corrected chi connectivity index (χ0v) is 20.9. The third kappa shape index (κ3) is 3.71. The Bertz CT molecular complexity index is 1670. The van der Waals surface area contributed by atoms with Crippen molar-refractivity contribution in [2.24, 2.45) is 0 Å². The minimum atomic E-state index is -3.95. The van der Waals surface area contributed by atoms with Gasteiger partial charge in [-0.15, -0.1) is 0 Å². The third-order valence-corrected chi connectivity index (χ3v) is 10.1. The molecule has 1 fully saturated rings. The molecule has 6 rings (SSSR count). The Morgan fingerprint density at radius 2 is 1.25 bits per heavy atom. The Hall–Kier alpha value is -3.54. The molecule has 1 aromatic heterocycles. The largest absolute Gasteiger partial charge is 0.304 e. The predicted molar refractivity (Wildman–Crippen MR) is 137 cm³/mol. The van der Waals surface area contributed by atoms with Crippen LogP contribution in [-0.4, -0.2) is 50.9 Å². The highest BCUT2D eigenvalue weighted by Crippen LogP contribution is 2.42. The molecule has 0 bridgehead atoms. The van der Waals surface area contributed by atoms with Crippen LogP contribution in [0.4, 0.5) is 17.3 Å². The molecule has 1 saturated heterocycles. The molecule has 0 saturated carbocycles. The molecular formula is C25H23N5O4S2. The zero-order chi connectivity index (χ0) is 24.9. The van der Waals surface area contributed by atoms with Crippen molar-refractivity contribution in [3.8, 4) is 0 Å². The molecule has 2 aliphatic heterocycles. The highest BCUT2D eigenvalue weighted by molar-refractivity contribution is 7.92. The van der Waals surface area contributed by atoms with Crippen molar-refractivity contribution < 1.29 is 16.8 Å². The van der Waals surface area contributed by atoms with Gasteiger partial charge in [0.15, 0.2) is 11.6 Å². The fourth-order valence-electron chi connectivity index (χ4n) is 4.60. The second-order valence-corrected chi connectivity index (χ2v) is 12.5. The highest BCUT2D eigenvalue weighted by Gasteiger charge is 2.39. The van der Waals surface area contributed by atoms with Gasteiger partial charge < -0.3 is 4.90 Å². The lowest BCUT2D eigenvalue weighted by molar-refractivity contribution is 0.477. The standard InChI is InChI=1S/C25H23N5O4S2/c31-35(32,28-15-6-7-16-28)21-12-8-9-19(17-21)29-18-30(36(33,34)20-10-2-1-3-11-20)25-24(29)26-22-13-4-5-14-23(22)27-25/h1-5,8-14,17H,6-7,15-16,18H2. The summed E-state index contributed by atoms with van der Waals surface area (Å²) in [5, 5.41) is 0. The minimum absolute atomic E-state index is 0.0872. The molecule has 0 aliphatic carbocycles. The summed E-state index contributed by atoms with van der Waals surface area (Å²) in [6.07, 6.45) is 1.68. The van der Waals surface area contributed by atoms with Crippen molar-refractivity contribution in [2.45, 2.75) is 22.6 Å². The van der Waals surface area contributed by atoms with Crippen molar-refractivity contribution in [3.05, 3.63) is 78.9 Å². The van der Waals surface area contributed by atoms with Crippen LogP contribution >= 0.6 is 0 Å². The van der Waals surface area contributed by atoms with Crippen LogP contribution in [0.5, 0.6) is 0 Å². The molecule has 0 spiro atoms. The van der Waals surface area contributed by atoms with E-state index in [0.29, 0.717) is 35.6 Å². The fraction of sp³-hybridized carbons (Fsp3) is 0.200. The van der Waals surface area contributed by atoms with Gasteiger partial charge in [0.2, 0.25) is 10.0 Å². The lowest BCUT2D eigenvalue weighted by Crippen LogP contribution is -2.34. The van der Waals surface area contributed by atoms with E-state index in [1.54, 1.807) is 53.4 Å². The van der Waals surface area contributed by atoms with Gasteiger partial charge in [-0.3, -0.25) is 0 Å². The van der Waals surface area contributed by atoms with Crippen molar-refractivity contribution in [2.75, 3.05) is 29.0 Å². The summed E-state index contributed by atoms with van der Waals surface area (Å²) in [4.78, 5) is 11.4. The van der Waals surface area contributed by atoms with Crippen molar-refractivity contribution in [3.63, 3.8) is 0 Å². The lowest BCUT2D eigenvalue weighted by Gasteiger charge is -2.22. The number of sulfonamides is 2. The van der Waals surface area contributed by atoms with Crippen LogP contribution < -0.4 is 9.21 Å². The Morgan fingerprint density at radius 3 is 1.94 bits per heavy atom. The second-order valence-electron chi connectivity index (χ2n) is 8.70. The summed E-state index contributed by atoms with van der Waals surface area (Å²) in [5.74, 6) is 0.550. The van der Waals surface area contributed by atoms with Crippen LogP contribution in [0.25, 0.3) is 11.0 Å². The molecule has 0 atom stereocenters. The number of benzene rings is 3. The SMILES string of the molecule is O=S(=O)(c1cccc(N2CN(S(=O)(=O)c3ccccc3)c3nc4ccccc4nc32)c1)N1CCCC1. The van der Waals surface area contributed by atoms with E-state index in [9.17, 15) is 16.8 Å². The van der Waals surface area contributed by atoms with E-state index in [-0.39, 0.29) is 22.3 Å². The first-order chi connectivity index (χ1) is 17.4. The van der Waals surface area contributed by atoms with E-state index < -0.39 is 20.0 Å². The summed E-state index contributed by atoms with van der Waals surface area (Å²) in [7, 11) is -7.60. The average molecular weight is 522 g/mol. The maximum absolute atomic E-state index is 13.6. The minimum Gasteiger partial charge on any atom is -0.304 e. The van der Waals surface area contributed by atoms with Crippen molar-refractivity contribution >= 4 is 48.4 Å². The molecule has 4 aromatic rings. The number of fused-ring (bicyclic) bond motifs is 2. The monoisotopic (exact) mass is 521 g/mol. The van der Waals surface area contributed by atoms with E-state index in [1.807, 2.05) is 18.2 Å². The fourth-order valence-corrected chi connectivity index (χ4v) is 7.53. The summed E-state index contributed by atoms with van der Waals surface area (Å²) >= 11 is 0. The van der Waals surface area contributed by atoms with Gasteiger partial charge in [0.05, 0.1) is 20.8 Å². The molecule has 3 aromatic carbocycles. The molecule has 0 N–H and O–H groups in total. The first-order valence-electron chi connectivity index (χ1n) is 11.6. The Balaban J connectivity index is 1.49. The van der Waals surface area contributed by atoms with Gasteiger partial charge in [0.25, 0.3) is 10.0 Å². The molecule has 3 heterocycles. The Labute approximate surface area is 209 Å². The summed E-state index contributed by atoms with van der Waals surface area (Å²) in [6, 6.07) is 22.0. The third-order valence-electron chi connectivity index (χ3n) is 6.46. The molecule has 2 aliphatic rings. The van der Waals surface area contributed by atoms with E-state index >= 15 is 0 Å². The molecule has 0 radical (unpaired) electrons. The molecule has 0 amide bonds. The quantitative estimate of drug-likeness (QED) is 0.394. The van der Waals surface area contributed by atoms with Gasteiger partial charge in [-0.2, -0.15) is 4.31 Å².